The molecule has 0 aliphatic carbocycles. The molecule has 0 bridgehead atoms. The van der Waals surface area contributed by atoms with Crippen LogP contribution >= 0.6 is 0 Å². The highest BCUT2D eigenvalue weighted by Crippen LogP contribution is 2.15. The maximum absolute atomic E-state index is 11.9. The predicted octanol–water partition coefficient (Wildman–Crippen LogP) is 2.68. The average Bonchev–Trinajstić information content (AvgIpc) is 2.58. The van der Waals surface area contributed by atoms with Crippen molar-refractivity contribution in [1.82, 2.24) is 15.4 Å². The smallest absolute Gasteiger partial charge is 0.245 e. The third-order valence-corrected chi connectivity index (χ3v) is 3.44. The maximum Gasteiger partial charge on any atom is 0.245 e. The van der Waals surface area contributed by atoms with Crippen molar-refractivity contribution >= 4 is 11.9 Å². The van der Waals surface area contributed by atoms with Crippen LogP contribution in [0.2, 0.25) is 0 Å². The summed E-state index contributed by atoms with van der Waals surface area (Å²) < 4.78 is 4.99. The molecule has 0 aliphatic rings. The first kappa shape index (κ1) is 16.7. The zero-order valence-electron chi connectivity index (χ0n) is 13.7. The van der Waals surface area contributed by atoms with E-state index in [1.165, 1.54) is 12.7 Å². The summed E-state index contributed by atoms with van der Waals surface area (Å²) in [5, 5.41) is 0. The lowest BCUT2D eigenvalue weighted by atomic mass is 10.0. The number of rotatable bonds is 7. The Morgan fingerprint density at radius 1 is 1.22 bits per heavy atom. The van der Waals surface area contributed by atoms with Crippen LogP contribution in [0.5, 0.6) is 5.88 Å². The number of carbonyl (C=O) groups is 1. The molecule has 122 valence electrons. The minimum atomic E-state index is -0.121. The molecule has 1 amide bonds. The number of hydrogen-bond acceptors (Lipinski definition) is 5. The quantitative estimate of drug-likeness (QED) is 0.768. The van der Waals surface area contributed by atoms with Gasteiger partial charge in [-0.2, -0.15) is 4.98 Å². The Hall–Kier alpha value is -2.63. The van der Waals surface area contributed by atoms with Gasteiger partial charge in [0.15, 0.2) is 0 Å². The van der Waals surface area contributed by atoms with Gasteiger partial charge in [0, 0.05) is 18.7 Å². The number of nitrogens with one attached hydrogen (secondary N) is 2. The second kappa shape index (κ2) is 8.12. The molecule has 0 atom stereocenters. The van der Waals surface area contributed by atoms with Crippen LogP contribution in [-0.4, -0.2) is 23.0 Å². The number of methoxy groups -OCH3 is 1. The summed E-state index contributed by atoms with van der Waals surface area (Å²) >= 11 is 0. The van der Waals surface area contributed by atoms with E-state index in [1.807, 2.05) is 0 Å². The van der Waals surface area contributed by atoms with Gasteiger partial charge in [-0.05, 0) is 23.5 Å². The first-order valence-corrected chi connectivity index (χ1v) is 7.59. The minimum absolute atomic E-state index is 0.121. The standard InChI is InChI=1S/C17H22N4O2/c1-12(2)14-7-4-13(5-8-14)6-9-15(22)20-21-17-18-11-10-16(19-17)23-3/h4-5,7-8,10-12H,6,9H2,1-3H3,(H,20,22)(H,18,19,21). The normalized spacial score (nSPS) is 10.4. The van der Waals surface area contributed by atoms with Gasteiger partial charge in [0.1, 0.15) is 0 Å². The zero-order chi connectivity index (χ0) is 16.7. The number of ether oxygens (including phenoxy) is 1. The van der Waals surface area contributed by atoms with Crippen LogP contribution in [-0.2, 0) is 11.2 Å². The van der Waals surface area contributed by atoms with E-state index < -0.39 is 0 Å². The molecule has 1 aromatic carbocycles. The highest BCUT2D eigenvalue weighted by Gasteiger charge is 2.05. The molecular weight excluding hydrogens is 292 g/mol. The molecule has 0 saturated carbocycles. The third kappa shape index (κ3) is 5.25. The Morgan fingerprint density at radius 3 is 2.61 bits per heavy atom. The van der Waals surface area contributed by atoms with E-state index in [4.69, 9.17) is 4.74 Å². The van der Waals surface area contributed by atoms with E-state index in [1.54, 1.807) is 12.3 Å². The van der Waals surface area contributed by atoms with Gasteiger partial charge in [-0.1, -0.05) is 38.1 Å². The Bertz CT molecular complexity index is 641. The number of benzene rings is 1. The molecule has 0 fully saturated rings. The van der Waals surface area contributed by atoms with Crippen molar-refractivity contribution in [3.05, 3.63) is 47.7 Å². The third-order valence-electron chi connectivity index (χ3n) is 3.44. The second-order valence-electron chi connectivity index (χ2n) is 5.49. The summed E-state index contributed by atoms with van der Waals surface area (Å²) in [4.78, 5) is 19.9. The molecule has 1 aromatic heterocycles. The van der Waals surface area contributed by atoms with E-state index in [2.05, 4.69) is 58.9 Å². The Balaban J connectivity index is 1.78. The van der Waals surface area contributed by atoms with Crippen molar-refractivity contribution in [1.29, 1.82) is 0 Å². The summed E-state index contributed by atoms with van der Waals surface area (Å²) in [6, 6.07) is 10.00. The van der Waals surface area contributed by atoms with Crippen molar-refractivity contribution in [3.63, 3.8) is 0 Å². The van der Waals surface area contributed by atoms with E-state index in [-0.39, 0.29) is 5.91 Å². The summed E-state index contributed by atoms with van der Waals surface area (Å²) in [5.41, 5.74) is 7.70. The van der Waals surface area contributed by atoms with Gasteiger partial charge < -0.3 is 4.74 Å². The number of amides is 1. The van der Waals surface area contributed by atoms with Crippen molar-refractivity contribution in [3.8, 4) is 5.88 Å². The number of aryl methyl sites for hydroxylation is 1. The first-order chi connectivity index (χ1) is 11.1. The topological polar surface area (TPSA) is 76.1 Å². The molecule has 0 radical (unpaired) electrons. The van der Waals surface area contributed by atoms with Crippen LogP contribution in [0.15, 0.2) is 36.5 Å². The average molecular weight is 314 g/mol. The van der Waals surface area contributed by atoms with Gasteiger partial charge in [0.25, 0.3) is 0 Å². The van der Waals surface area contributed by atoms with Crippen LogP contribution in [0, 0.1) is 0 Å². The fourth-order valence-electron chi connectivity index (χ4n) is 2.03. The zero-order valence-corrected chi connectivity index (χ0v) is 13.7. The van der Waals surface area contributed by atoms with Crippen molar-refractivity contribution in [2.24, 2.45) is 0 Å². The van der Waals surface area contributed by atoms with Gasteiger partial charge in [-0.3, -0.25) is 15.6 Å². The molecule has 23 heavy (non-hydrogen) atoms. The second-order valence-corrected chi connectivity index (χ2v) is 5.49. The largest absolute Gasteiger partial charge is 0.481 e. The van der Waals surface area contributed by atoms with Crippen LogP contribution in [0.25, 0.3) is 0 Å². The van der Waals surface area contributed by atoms with Crippen LogP contribution in [0.3, 0.4) is 0 Å². The molecule has 2 rings (SSSR count). The lowest BCUT2D eigenvalue weighted by Gasteiger charge is -2.09. The highest BCUT2D eigenvalue weighted by atomic mass is 16.5. The molecule has 2 aromatic rings. The Labute approximate surface area is 136 Å². The molecule has 6 nitrogen and oxygen atoms in total. The molecule has 0 unspecified atom stereocenters. The monoisotopic (exact) mass is 314 g/mol. The van der Waals surface area contributed by atoms with Crippen molar-refractivity contribution < 1.29 is 9.53 Å². The first-order valence-electron chi connectivity index (χ1n) is 7.59. The van der Waals surface area contributed by atoms with Crippen molar-refractivity contribution in [2.45, 2.75) is 32.6 Å². The van der Waals surface area contributed by atoms with E-state index >= 15 is 0 Å². The van der Waals surface area contributed by atoms with Gasteiger partial charge >= 0.3 is 0 Å². The van der Waals surface area contributed by atoms with Crippen LogP contribution in [0.1, 0.15) is 37.3 Å². The summed E-state index contributed by atoms with van der Waals surface area (Å²) in [6.45, 7) is 4.32. The number of carbonyl (C=O) groups excluding carboxylic acids is 1. The maximum atomic E-state index is 11.9. The summed E-state index contributed by atoms with van der Waals surface area (Å²) in [7, 11) is 1.52. The van der Waals surface area contributed by atoms with E-state index in [0.717, 1.165) is 5.56 Å². The number of hydrogen-bond donors (Lipinski definition) is 2. The molecule has 0 aliphatic heterocycles. The number of aromatic nitrogens is 2. The minimum Gasteiger partial charge on any atom is -0.481 e. The number of anilines is 1. The fourth-order valence-corrected chi connectivity index (χ4v) is 2.03. The van der Waals surface area contributed by atoms with Gasteiger partial charge in [-0.15, -0.1) is 0 Å². The number of hydrazine groups is 1. The summed E-state index contributed by atoms with van der Waals surface area (Å²) in [6.07, 6.45) is 2.62. The van der Waals surface area contributed by atoms with E-state index in [9.17, 15) is 4.79 Å². The fraction of sp³-hybridized carbons (Fsp3) is 0.353. The summed E-state index contributed by atoms with van der Waals surface area (Å²) in [5.74, 6) is 1.12. The Morgan fingerprint density at radius 2 is 1.96 bits per heavy atom. The van der Waals surface area contributed by atoms with Gasteiger partial charge in [-0.25, -0.2) is 4.98 Å². The molecule has 1 heterocycles. The molecular formula is C17H22N4O2. The molecule has 6 heteroatoms. The SMILES string of the molecule is COc1ccnc(NNC(=O)CCc2ccc(C(C)C)cc2)n1. The molecule has 2 N–H and O–H groups in total. The number of nitrogens with zero attached hydrogens (tertiary/aromatic N) is 2. The van der Waals surface area contributed by atoms with Gasteiger partial charge in [0.05, 0.1) is 7.11 Å². The highest BCUT2D eigenvalue weighted by molar-refractivity contribution is 5.77. The lowest BCUT2D eigenvalue weighted by molar-refractivity contribution is -0.120. The van der Waals surface area contributed by atoms with E-state index in [0.29, 0.717) is 30.6 Å². The van der Waals surface area contributed by atoms with Gasteiger partial charge in [0.2, 0.25) is 17.7 Å². The molecule has 0 spiro atoms. The van der Waals surface area contributed by atoms with Crippen LogP contribution in [0.4, 0.5) is 5.95 Å². The predicted molar refractivity (Wildman–Crippen MR) is 89.2 cm³/mol. The van der Waals surface area contributed by atoms with Crippen LogP contribution < -0.4 is 15.6 Å². The Kier molecular flexibility index (Phi) is 5.91. The molecule has 0 saturated heterocycles. The van der Waals surface area contributed by atoms with Crippen molar-refractivity contribution in [2.75, 3.05) is 12.5 Å². The lowest BCUT2D eigenvalue weighted by Crippen LogP contribution is -2.30.